The van der Waals surface area contributed by atoms with E-state index in [4.69, 9.17) is 4.98 Å². The van der Waals surface area contributed by atoms with Crippen molar-refractivity contribution in [1.29, 1.82) is 0 Å². The maximum Gasteiger partial charge on any atom is 0.123 e. The molecular formula is C21H14BrNO2. The Morgan fingerprint density at radius 1 is 0.760 bits per heavy atom. The standard InChI is InChI=1S/C21H14BrNO2/c22-18-12-20(13-5-8-15(24)9-6-13)23-19-10-7-14(11-17(18)19)16-3-1-2-4-21(16)25/h1-12,24-25H. The van der Waals surface area contributed by atoms with E-state index in [1.807, 2.05) is 48.5 Å². The van der Waals surface area contributed by atoms with Gasteiger partial charge in [-0.1, -0.05) is 40.2 Å². The van der Waals surface area contributed by atoms with E-state index in [0.29, 0.717) is 0 Å². The van der Waals surface area contributed by atoms with E-state index in [0.717, 1.165) is 37.8 Å². The number of para-hydroxylation sites is 1. The largest absolute Gasteiger partial charge is 0.508 e. The van der Waals surface area contributed by atoms with Crippen LogP contribution < -0.4 is 0 Å². The van der Waals surface area contributed by atoms with Crippen LogP contribution in [0.2, 0.25) is 0 Å². The third-order valence-electron chi connectivity index (χ3n) is 4.14. The van der Waals surface area contributed by atoms with Gasteiger partial charge in [-0.25, -0.2) is 4.98 Å². The summed E-state index contributed by atoms with van der Waals surface area (Å²) in [6, 6.07) is 22.1. The van der Waals surface area contributed by atoms with Crippen molar-refractivity contribution < 1.29 is 10.2 Å². The average Bonchev–Trinajstić information content (AvgIpc) is 2.62. The van der Waals surface area contributed by atoms with Crippen LogP contribution in [0.1, 0.15) is 0 Å². The minimum Gasteiger partial charge on any atom is -0.508 e. The molecule has 0 radical (unpaired) electrons. The number of pyridine rings is 1. The molecule has 4 aromatic rings. The number of benzene rings is 3. The molecule has 3 aromatic carbocycles. The topological polar surface area (TPSA) is 53.4 Å². The van der Waals surface area contributed by atoms with Gasteiger partial charge in [-0.3, -0.25) is 0 Å². The zero-order valence-electron chi connectivity index (χ0n) is 13.1. The zero-order chi connectivity index (χ0) is 17.4. The smallest absolute Gasteiger partial charge is 0.123 e. The highest BCUT2D eigenvalue weighted by molar-refractivity contribution is 9.10. The molecule has 0 amide bonds. The molecule has 122 valence electrons. The molecule has 0 aliphatic carbocycles. The van der Waals surface area contributed by atoms with Crippen molar-refractivity contribution in [3.05, 3.63) is 77.3 Å². The molecular weight excluding hydrogens is 378 g/mol. The van der Waals surface area contributed by atoms with Crippen LogP contribution in [0.25, 0.3) is 33.3 Å². The van der Waals surface area contributed by atoms with Gasteiger partial charge in [0.2, 0.25) is 0 Å². The Balaban J connectivity index is 1.85. The van der Waals surface area contributed by atoms with Crippen molar-refractivity contribution in [3.63, 3.8) is 0 Å². The molecule has 1 aromatic heterocycles. The van der Waals surface area contributed by atoms with Gasteiger partial charge in [0, 0.05) is 21.0 Å². The summed E-state index contributed by atoms with van der Waals surface area (Å²) in [5, 5.41) is 20.5. The molecule has 25 heavy (non-hydrogen) atoms. The predicted octanol–water partition coefficient (Wildman–Crippen LogP) is 5.74. The maximum absolute atomic E-state index is 10.1. The monoisotopic (exact) mass is 391 g/mol. The second-order valence-electron chi connectivity index (χ2n) is 5.79. The van der Waals surface area contributed by atoms with Crippen LogP contribution in [0.15, 0.2) is 77.3 Å². The van der Waals surface area contributed by atoms with E-state index in [9.17, 15) is 10.2 Å². The zero-order valence-corrected chi connectivity index (χ0v) is 14.7. The maximum atomic E-state index is 10.1. The number of aromatic hydroxyl groups is 2. The summed E-state index contributed by atoms with van der Waals surface area (Å²) in [7, 11) is 0. The summed E-state index contributed by atoms with van der Waals surface area (Å²) in [4.78, 5) is 4.72. The second-order valence-corrected chi connectivity index (χ2v) is 6.64. The lowest BCUT2D eigenvalue weighted by Crippen LogP contribution is -1.88. The van der Waals surface area contributed by atoms with Gasteiger partial charge in [0.05, 0.1) is 11.2 Å². The molecule has 0 atom stereocenters. The van der Waals surface area contributed by atoms with Crippen LogP contribution >= 0.6 is 15.9 Å². The Morgan fingerprint density at radius 2 is 1.48 bits per heavy atom. The highest BCUT2D eigenvalue weighted by Crippen LogP contribution is 2.34. The van der Waals surface area contributed by atoms with Crippen molar-refractivity contribution >= 4 is 26.8 Å². The van der Waals surface area contributed by atoms with Crippen molar-refractivity contribution in [2.45, 2.75) is 0 Å². The highest BCUT2D eigenvalue weighted by atomic mass is 79.9. The number of hydrogen-bond acceptors (Lipinski definition) is 3. The first kappa shape index (κ1) is 15.7. The summed E-state index contributed by atoms with van der Waals surface area (Å²) in [6.45, 7) is 0. The van der Waals surface area contributed by atoms with Crippen molar-refractivity contribution in [1.82, 2.24) is 4.98 Å². The molecule has 4 rings (SSSR count). The first-order valence-electron chi connectivity index (χ1n) is 7.80. The van der Waals surface area contributed by atoms with Gasteiger partial charge in [0.1, 0.15) is 11.5 Å². The molecule has 0 saturated heterocycles. The molecule has 1 heterocycles. The fraction of sp³-hybridized carbons (Fsp3) is 0. The van der Waals surface area contributed by atoms with Crippen molar-refractivity contribution in [2.75, 3.05) is 0 Å². The van der Waals surface area contributed by atoms with Crippen LogP contribution in [0.5, 0.6) is 11.5 Å². The number of fused-ring (bicyclic) bond motifs is 1. The Morgan fingerprint density at radius 3 is 2.24 bits per heavy atom. The van der Waals surface area contributed by atoms with E-state index in [1.165, 1.54) is 0 Å². The molecule has 4 heteroatoms. The van der Waals surface area contributed by atoms with E-state index >= 15 is 0 Å². The second kappa shape index (κ2) is 6.22. The third kappa shape index (κ3) is 2.96. The molecule has 3 nitrogen and oxygen atoms in total. The number of halogens is 1. The van der Waals surface area contributed by atoms with Gasteiger partial charge >= 0.3 is 0 Å². The molecule has 0 bridgehead atoms. The molecule has 0 aliphatic rings. The van der Waals surface area contributed by atoms with Gasteiger partial charge in [-0.2, -0.15) is 0 Å². The number of phenols is 2. The lowest BCUT2D eigenvalue weighted by Gasteiger charge is -2.09. The molecule has 0 saturated carbocycles. The summed E-state index contributed by atoms with van der Waals surface area (Å²) in [5.41, 5.74) is 4.35. The lowest BCUT2D eigenvalue weighted by atomic mass is 10.0. The van der Waals surface area contributed by atoms with Crippen LogP contribution in [0.4, 0.5) is 0 Å². The van der Waals surface area contributed by atoms with E-state index in [-0.39, 0.29) is 11.5 Å². The SMILES string of the molecule is Oc1ccc(-c2cc(Br)c3cc(-c4ccccc4O)ccc3n2)cc1. The summed E-state index contributed by atoms with van der Waals surface area (Å²) in [5.74, 6) is 0.488. The van der Waals surface area contributed by atoms with Crippen LogP contribution in [-0.2, 0) is 0 Å². The van der Waals surface area contributed by atoms with Crippen LogP contribution in [-0.4, -0.2) is 15.2 Å². The summed E-state index contributed by atoms with van der Waals surface area (Å²) < 4.78 is 0.929. The fourth-order valence-electron chi connectivity index (χ4n) is 2.85. The molecule has 0 fully saturated rings. The van der Waals surface area contributed by atoms with Crippen LogP contribution in [0.3, 0.4) is 0 Å². The summed E-state index contributed by atoms with van der Waals surface area (Å²) in [6.07, 6.45) is 0. The van der Waals surface area contributed by atoms with Crippen LogP contribution in [0, 0.1) is 0 Å². The number of nitrogens with zero attached hydrogens (tertiary/aromatic N) is 1. The first-order valence-corrected chi connectivity index (χ1v) is 8.59. The number of hydrogen-bond donors (Lipinski definition) is 2. The first-order chi connectivity index (χ1) is 12.1. The van der Waals surface area contributed by atoms with E-state index in [2.05, 4.69) is 15.9 Å². The Hall–Kier alpha value is -2.85. The van der Waals surface area contributed by atoms with E-state index < -0.39 is 0 Å². The Kier molecular flexibility index (Phi) is 3.90. The van der Waals surface area contributed by atoms with Crippen molar-refractivity contribution in [2.24, 2.45) is 0 Å². The van der Waals surface area contributed by atoms with Gasteiger partial charge in [0.15, 0.2) is 0 Å². The molecule has 0 spiro atoms. The number of aromatic nitrogens is 1. The molecule has 0 aliphatic heterocycles. The van der Waals surface area contributed by atoms with Gasteiger partial charge in [-0.15, -0.1) is 0 Å². The molecule has 0 unspecified atom stereocenters. The minimum absolute atomic E-state index is 0.232. The predicted molar refractivity (Wildman–Crippen MR) is 104 cm³/mol. The Bertz CT molecular complexity index is 1070. The quantitative estimate of drug-likeness (QED) is 0.457. The number of rotatable bonds is 2. The minimum atomic E-state index is 0.232. The Labute approximate surface area is 153 Å². The summed E-state index contributed by atoms with van der Waals surface area (Å²) >= 11 is 3.63. The number of phenolic OH excluding ortho intramolecular Hbond substituents is 2. The van der Waals surface area contributed by atoms with E-state index in [1.54, 1.807) is 24.3 Å². The normalized spacial score (nSPS) is 10.9. The van der Waals surface area contributed by atoms with Crippen molar-refractivity contribution in [3.8, 4) is 33.9 Å². The average molecular weight is 392 g/mol. The van der Waals surface area contributed by atoms with Gasteiger partial charge in [0.25, 0.3) is 0 Å². The fourth-order valence-corrected chi connectivity index (χ4v) is 3.38. The highest BCUT2D eigenvalue weighted by Gasteiger charge is 2.09. The van der Waals surface area contributed by atoms with Gasteiger partial charge in [-0.05, 0) is 54.1 Å². The molecule has 2 N–H and O–H groups in total. The third-order valence-corrected chi connectivity index (χ3v) is 4.79. The van der Waals surface area contributed by atoms with Gasteiger partial charge < -0.3 is 10.2 Å². The lowest BCUT2D eigenvalue weighted by molar-refractivity contribution is 0.475.